The summed E-state index contributed by atoms with van der Waals surface area (Å²) >= 11 is 1.61. The van der Waals surface area contributed by atoms with Crippen molar-refractivity contribution in [2.24, 2.45) is 0 Å². The van der Waals surface area contributed by atoms with Crippen LogP contribution < -0.4 is 15.0 Å². The summed E-state index contributed by atoms with van der Waals surface area (Å²) in [5.41, 5.74) is 3.21. The van der Waals surface area contributed by atoms with Gasteiger partial charge in [-0.2, -0.15) is 0 Å². The number of benzene rings is 3. The average molecular weight is 430 g/mol. The molecular weight excluding hydrogens is 410 g/mol. The number of fused-ring (bicyclic) bond motifs is 2. The summed E-state index contributed by atoms with van der Waals surface area (Å²) in [6.07, 6.45) is -0.801. The van der Waals surface area contributed by atoms with Crippen LogP contribution in [0.5, 0.6) is 5.75 Å². The zero-order chi connectivity index (χ0) is 21.4. The fraction of sp³-hybridized carbons (Fsp3) is 0.125. The van der Waals surface area contributed by atoms with Crippen molar-refractivity contribution < 1.29 is 14.3 Å². The molecule has 1 aliphatic heterocycles. The third-order valence-electron chi connectivity index (χ3n) is 5.12. The third-order valence-corrected chi connectivity index (χ3v) is 6.20. The first-order valence-electron chi connectivity index (χ1n) is 9.89. The Morgan fingerprint density at radius 2 is 1.87 bits per heavy atom. The number of anilines is 2. The zero-order valence-electron chi connectivity index (χ0n) is 16.7. The zero-order valence-corrected chi connectivity index (χ0v) is 17.6. The van der Waals surface area contributed by atoms with Gasteiger partial charge in [-0.1, -0.05) is 36.4 Å². The quantitative estimate of drug-likeness (QED) is 0.512. The van der Waals surface area contributed by atoms with E-state index in [1.165, 1.54) is 6.92 Å². The van der Waals surface area contributed by atoms with Crippen LogP contribution in [0, 0.1) is 0 Å². The van der Waals surface area contributed by atoms with Crippen LogP contribution in [0.15, 0.2) is 72.8 Å². The molecule has 0 bridgehead atoms. The van der Waals surface area contributed by atoms with Crippen LogP contribution in [0.2, 0.25) is 0 Å². The normalized spacial score (nSPS) is 15.3. The Morgan fingerprint density at radius 1 is 1.06 bits per heavy atom. The highest BCUT2D eigenvalue weighted by molar-refractivity contribution is 7.21. The molecule has 1 aromatic heterocycles. The molecule has 0 spiro atoms. The minimum Gasteiger partial charge on any atom is -0.476 e. The Morgan fingerprint density at radius 3 is 2.71 bits per heavy atom. The van der Waals surface area contributed by atoms with Crippen LogP contribution in [0.3, 0.4) is 0 Å². The Hall–Kier alpha value is -3.71. The molecular formula is C24H19N3O3S. The van der Waals surface area contributed by atoms with E-state index in [1.807, 2.05) is 66.7 Å². The van der Waals surface area contributed by atoms with Crippen molar-refractivity contribution in [3.05, 3.63) is 72.8 Å². The minimum atomic E-state index is -0.801. The highest BCUT2D eigenvalue weighted by atomic mass is 32.1. The molecule has 1 N–H and O–H groups in total. The Kier molecular flexibility index (Phi) is 4.88. The van der Waals surface area contributed by atoms with Crippen LogP contribution in [-0.2, 0) is 9.59 Å². The second-order valence-electron chi connectivity index (χ2n) is 7.26. The molecule has 31 heavy (non-hydrogen) atoms. The lowest BCUT2D eigenvalue weighted by atomic mass is 10.1. The van der Waals surface area contributed by atoms with Gasteiger partial charge < -0.3 is 15.0 Å². The fourth-order valence-electron chi connectivity index (χ4n) is 3.62. The first-order valence-corrected chi connectivity index (χ1v) is 10.7. The van der Waals surface area contributed by atoms with E-state index in [1.54, 1.807) is 22.3 Å². The first-order chi connectivity index (χ1) is 15.1. The number of carbonyl (C=O) groups is 2. The number of para-hydroxylation sites is 3. The lowest BCUT2D eigenvalue weighted by Gasteiger charge is -2.33. The molecule has 1 aliphatic rings. The van der Waals surface area contributed by atoms with E-state index < -0.39 is 6.10 Å². The van der Waals surface area contributed by atoms with E-state index in [0.717, 1.165) is 20.8 Å². The molecule has 5 rings (SSSR count). The number of aromatic nitrogens is 1. The number of nitrogens with zero attached hydrogens (tertiary/aromatic N) is 2. The van der Waals surface area contributed by atoms with Crippen LogP contribution in [0.4, 0.5) is 11.4 Å². The summed E-state index contributed by atoms with van der Waals surface area (Å²) in [5, 5.41) is 3.81. The highest BCUT2D eigenvalue weighted by Crippen LogP contribution is 2.34. The number of nitrogens with one attached hydrogen (secondary N) is 1. The molecule has 7 heteroatoms. The second kappa shape index (κ2) is 7.85. The maximum absolute atomic E-state index is 12.9. The molecule has 1 unspecified atom stereocenters. The van der Waals surface area contributed by atoms with Crippen LogP contribution in [-0.4, -0.2) is 29.4 Å². The number of amides is 2. The number of rotatable bonds is 3. The molecule has 1 atom stereocenters. The minimum absolute atomic E-state index is 0.133. The molecule has 2 heterocycles. The van der Waals surface area contributed by atoms with Crippen molar-refractivity contribution in [2.45, 2.75) is 13.0 Å². The molecule has 0 saturated carbocycles. The van der Waals surface area contributed by atoms with E-state index in [4.69, 9.17) is 4.74 Å². The van der Waals surface area contributed by atoms with Gasteiger partial charge in [-0.3, -0.25) is 9.59 Å². The highest BCUT2D eigenvalue weighted by Gasteiger charge is 2.32. The van der Waals surface area contributed by atoms with Crippen molar-refractivity contribution in [2.75, 3.05) is 16.8 Å². The summed E-state index contributed by atoms with van der Waals surface area (Å²) in [6, 6.07) is 22.8. The van der Waals surface area contributed by atoms with Gasteiger partial charge in [0.05, 0.1) is 22.4 Å². The lowest BCUT2D eigenvalue weighted by molar-refractivity contribution is -0.123. The Balaban J connectivity index is 1.37. The second-order valence-corrected chi connectivity index (χ2v) is 8.29. The third kappa shape index (κ3) is 3.75. The molecule has 0 saturated heterocycles. The van der Waals surface area contributed by atoms with E-state index in [2.05, 4.69) is 10.3 Å². The maximum Gasteiger partial charge on any atom is 0.267 e. The summed E-state index contributed by atoms with van der Waals surface area (Å²) < 4.78 is 7.00. The van der Waals surface area contributed by atoms with Crippen LogP contribution in [0.25, 0.3) is 20.8 Å². The van der Waals surface area contributed by atoms with Gasteiger partial charge in [0.15, 0.2) is 6.10 Å². The Labute approximate surface area is 183 Å². The summed E-state index contributed by atoms with van der Waals surface area (Å²) in [5.74, 6) is 0.0842. The van der Waals surface area contributed by atoms with Gasteiger partial charge in [0.25, 0.3) is 5.91 Å². The van der Waals surface area contributed by atoms with E-state index >= 15 is 0 Å². The number of thiazole rings is 1. The van der Waals surface area contributed by atoms with Crippen LogP contribution >= 0.6 is 11.3 Å². The van der Waals surface area contributed by atoms with Gasteiger partial charge in [0.1, 0.15) is 10.8 Å². The van der Waals surface area contributed by atoms with E-state index in [-0.39, 0.29) is 18.4 Å². The molecule has 154 valence electrons. The molecule has 0 radical (unpaired) electrons. The van der Waals surface area contributed by atoms with Gasteiger partial charge in [0.2, 0.25) is 5.91 Å². The van der Waals surface area contributed by atoms with Crippen LogP contribution in [0.1, 0.15) is 6.92 Å². The molecule has 0 fully saturated rings. The molecule has 2 amide bonds. The Bertz CT molecular complexity index is 1270. The predicted molar refractivity (Wildman–Crippen MR) is 123 cm³/mol. The predicted octanol–water partition coefficient (Wildman–Crippen LogP) is 4.72. The molecule has 0 aliphatic carbocycles. The SMILES string of the molecule is CC(=O)N1CC(C(=O)Nc2cccc(-c3nc4ccccc4s3)c2)Oc2ccccc21. The van der Waals surface area contributed by atoms with Crippen molar-refractivity contribution in [1.82, 2.24) is 4.98 Å². The van der Waals surface area contributed by atoms with E-state index in [9.17, 15) is 9.59 Å². The van der Waals surface area contributed by atoms with Gasteiger partial charge in [-0.05, 0) is 36.4 Å². The van der Waals surface area contributed by atoms with Gasteiger partial charge in [-0.15, -0.1) is 11.3 Å². The van der Waals surface area contributed by atoms with Gasteiger partial charge >= 0.3 is 0 Å². The number of hydrogen-bond donors (Lipinski definition) is 1. The van der Waals surface area contributed by atoms with Gasteiger partial charge in [-0.25, -0.2) is 4.98 Å². The number of ether oxygens (including phenoxy) is 1. The monoisotopic (exact) mass is 429 g/mol. The molecule has 6 nitrogen and oxygen atoms in total. The lowest BCUT2D eigenvalue weighted by Crippen LogP contribution is -2.48. The van der Waals surface area contributed by atoms with Gasteiger partial charge in [0, 0.05) is 18.2 Å². The number of hydrogen-bond acceptors (Lipinski definition) is 5. The molecule has 3 aromatic carbocycles. The van der Waals surface area contributed by atoms with Crippen molar-refractivity contribution in [1.29, 1.82) is 0 Å². The summed E-state index contributed by atoms with van der Waals surface area (Å²) in [4.78, 5) is 31.3. The van der Waals surface area contributed by atoms with Crippen molar-refractivity contribution in [3.63, 3.8) is 0 Å². The summed E-state index contributed by atoms with van der Waals surface area (Å²) in [6.45, 7) is 1.65. The van der Waals surface area contributed by atoms with E-state index in [0.29, 0.717) is 17.1 Å². The standard InChI is InChI=1S/C24H19N3O3S/c1-15(28)27-14-21(30-20-11-4-3-10-19(20)27)23(29)25-17-8-6-7-16(13-17)24-26-18-9-2-5-12-22(18)31-24/h2-13,21H,14H2,1H3,(H,25,29). The topological polar surface area (TPSA) is 71.5 Å². The average Bonchev–Trinajstić information content (AvgIpc) is 3.23. The maximum atomic E-state index is 12.9. The van der Waals surface area contributed by atoms with Crippen molar-refractivity contribution >= 4 is 44.7 Å². The number of carbonyl (C=O) groups excluding carboxylic acids is 2. The van der Waals surface area contributed by atoms with Crippen molar-refractivity contribution in [3.8, 4) is 16.3 Å². The smallest absolute Gasteiger partial charge is 0.267 e. The largest absolute Gasteiger partial charge is 0.476 e. The molecule has 4 aromatic rings. The first kappa shape index (κ1) is 19.3. The summed E-state index contributed by atoms with van der Waals surface area (Å²) in [7, 11) is 0. The fourth-order valence-corrected chi connectivity index (χ4v) is 4.58.